The SMILES string of the molecule is COC[C@]12CNC(C1OC)[C@H](C)O2. The lowest BCUT2D eigenvalue weighted by atomic mass is 9.99. The first-order valence-corrected chi connectivity index (χ1v) is 4.66. The van der Waals surface area contributed by atoms with Gasteiger partial charge in [0.05, 0.1) is 18.8 Å². The molecule has 0 aromatic heterocycles. The minimum Gasteiger partial charge on any atom is -0.382 e. The highest BCUT2D eigenvalue weighted by atomic mass is 16.6. The van der Waals surface area contributed by atoms with Crippen LogP contribution < -0.4 is 5.32 Å². The molecule has 0 amide bonds. The zero-order valence-corrected chi connectivity index (χ0v) is 8.37. The fourth-order valence-electron chi connectivity index (χ4n) is 2.56. The molecule has 2 aliphatic heterocycles. The van der Waals surface area contributed by atoms with Crippen LogP contribution >= 0.6 is 0 Å². The van der Waals surface area contributed by atoms with E-state index >= 15 is 0 Å². The van der Waals surface area contributed by atoms with Gasteiger partial charge in [-0.1, -0.05) is 0 Å². The summed E-state index contributed by atoms with van der Waals surface area (Å²) in [6, 6.07) is 0.320. The molecule has 76 valence electrons. The van der Waals surface area contributed by atoms with Crippen molar-refractivity contribution in [3.63, 3.8) is 0 Å². The third-order valence-electron chi connectivity index (χ3n) is 3.05. The molecule has 4 heteroatoms. The van der Waals surface area contributed by atoms with Crippen LogP contribution in [0.5, 0.6) is 0 Å². The van der Waals surface area contributed by atoms with E-state index in [1.165, 1.54) is 0 Å². The minimum absolute atomic E-state index is 0.127. The van der Waals surface area contributed by atoms with E-state index in [-0.39, 0.29) is 17.8 Å². The van der Waals surface area contributed by atoms with Gasteiger partial charge in [-0.3, -0.25) is 0 Å². The molecule has 1 N–H and O–H groups in total. The van der Waals surface area contributed by atoms with Crippen LogP contribution in [0.2, 0.25) is 0 Å². The molecule has 4 nitrogen and oxygen atoms in total. The summed E-state index contributed by atoms with van der Waals surface area (Å²) in [4.78, 5) is 0. The van der Waals surface area contributed by atoms with Crippen molar-refractivity contribution in [2.45, 2.75) is 30.8 Å². The Morgan fingerprint density at radius 3 is 2.85 bits per heavy atom. The van der Waals surface area contributed by atoms with Crippen LogP contribution in [0, 0.1) is 0 Å². The molecule has 2 saturated heterocycles. The zero-order valence-electron chi connectivity index (χ0n) is 8.37. The molecule has 2 bridgehead atoms. The molecule has 2 rings (SSSR count). The van der Waals surface area contributed by atoms with Crippen LogP contribution in [0.25, 0.3) is 0 Å². The molecular weight excluding hydrogens is 170 g/mol. The Bertz CT molecular complexity index is 199. The smallest absolute Gasteiger partial charge is 0.132 e. The maximum Gasteiger partial charge on any atom is 0.132 e. The van der Waals surface area contributed by atoms with Crippen LogP contribution in [0.3, 0.4) is 0 Å². The summed E-state index contributed by atoms with van der Waals surface area (Å²) in [5, 5.41) is 3.40. The number of hydrogen-bond donors (Lipinski definition) is 1. The lowest BCUT2D eigenvalue weighted by Gasteiger charge is -2.30. The molecule has 2 fully saturated rings. The Morgan fingerprint density at radius 1 is 1.54 bits per heavy atom. The highest BCUT2D eigenvalue weighted by Gasteiger charge is 2.59. The summed E-state index contributed by atoms with van der Waals surface area (Å²) in [5.41, 5.74) is -0.256. The van der Waals surface area contributed by atoms with Crippen LogP contribution in [-0.4, -0.2) is 51.2 Å². The number of hydrogen-bond acceptors (Lipinski definition) is 4. The second-order valence-electron chi connectivity index (χ2n) is 3.88. The van der Waals surface area contributed by atoms with Gasteiger partial charge in [-0.05, 0) is 6.92 Å². The third kappa shape index (κ3) is 1.21. The van der Waals surface area contributed by atoms with Gasteiger partial charge in [-0.15, -0.1) is 0 Å². The van der Waals surface area contributed by atoms with Crippen molar-refractivity contribution in [3.8, 4) is 0 Å². The molecular formula is C9H17NO3. The molecule has 0 aromatic rings. The van der Waals surface area contributed by atoms with E-state index in [1.807, 2.05) is 0 Å². The lowest BCUT2D eigenvalue weighted by Crippen LogP contribution is -2.47. The first-order valence-electron chi connectivity index (χ1n) is 4.66. The number of methoxy groups -OCH3 is 2. The van der Waals surface area contributed by atoms with Crippen molar-refractivity contribution >= 4 is 0 Å². The van der Waals surface area contributed by atoms with Crippen LogP contribution in [0.4, 0.5) is 0 Å². The van der Waals surface area contributed by atoms with Crippen molar-refractivity contribution in [1.82, 2.24) is 5.32 Å². The number of nitrogens with one attached hydrogen (secondary N) is 1. The first kappa shape index (κ1) is 9.40. The topological polar surface area (TPSA) is 39.7 Å². The van der Waals surface area contributed by atoms with Gasteiger partial charge in [0.15, 0.2) is 0 Å². The van der Waals surface area contributed by atoms with E-state index < -0.39 is 0 Å². The summed E-state index contributed by atoms with van der Waals surface area (Å²) in [7, 11) is 3.43. The summed E-state index contributed by atoms with van der Waals surface area (Å²) in [5.74, 6) is 0. The number of fused-ring (bicyclic) bond motifs is 2. The average molecular weight is 187 g/mol. The van der Waals surface area contributed by atoms with E-state index in [0.29, 0.717) is 12.6 Å². The van der Waals surface area contributed by atoms with Crippen molar-refractivity contribution in [2.75, 3.05) is 27.4 Å². The second kappa shape index (κ2) is 3.20. The molecule has 2 unspecified atom stereocenters. The maximum atomic E-state index is 5.88. The Kier molecular flexibility index (Phi) is 2.32. The van der Waals surface area contributed by atoms with Gasteiger partial charge in [-0.2, -0.15) is 0 Å². The predicted molar refractivity (Wildman–Crippen MR) is 47.7 cm³/mol. The highest BCUT2D eigenvalue weighted by molar-refractivity contribution is 5.12. The molecule has 13 heavy (non-hydrogen) atoms. The van der Waals surface area contributed by atoms with E-state index in [1.54, 1.807) is 14.2 Å². The van der Waals surface area contributed by atoms with Gasteiger partial charge in [0.25, 0.3) is 0 Å². The van der Waals surface area contributed by atoms with Gasteiger partial charge in [-0.25, -0.2) is 0 Å². The van der Waals surface area contributed by atoms with Gasteiger partial charge < -0.3 is 19.5 Å². The van der Waals surface area contributed by atoms with Gasteiger partial charge >= 0.3 is 0 Å². The summed E-state index contributed by atoms with van der Waals surface area (Å²) >= 11 is 0. The van der Waals surface area contributed by atoms with Gasteiger partial charge in [0.2, 0.25) is 0 Å². The predicted octanol–water partition coefficient (Wildman–Crippen LogP) is -0.223. The van der Waals surface area contributed by atoms with Crippen molar-refractivity contribution in [2.24, 2.45) is 0 Å². The van der Waals surface area contributed by atoms with Crippen molar-refractivity contribution in [3.05, 3.63) is 0 Å². The van der Waals surface area contributed by atoms with E-state index in [4.69, 9.17) is 14.2 Å². The fourth-order valence-corrected chi connectivity index (χ4v) is 2.56. The minimum atomic E-state index is -0.256. The Balaban J connectivity index is 2.17. The van der Waals surface area contributed by atoms with Crippen molar-refractivity contribution in [1.29, 1.82) is 0 Å². The number of morpholine rings is 1. The van der Waals surface area contributed by atoms with Gasteiger partial charge in [0.1, 0.15) is 11.7 Å². The lowest BCUT2D eigenvalue weighted by molar-refractivity contribution is -0.118. The number of ether oxygens (including phenoxy) is 3. The quantitative estimate of drug-likeness (QED) is 0.663. The zero-order chi connectivity index (χ0) is 9.47. The van der Waals surface area contributed by atoms with E-state index in [2.05, 4.69) is 12.2 Å². The molecule has 0 aliphatic carbocycles. The van der Waals surface area contributed by atoms with Crippen LogP contribution in [0.15, 0.2) is 0 Å². The molecule has 0 aromatic carbocycles. The molecule has 2 aliphatic rings. The third-order valence-corrected chi connectivity index (χ3v) is 3.05. The summed E-state index contributed by atoms with van der Waals surface area (Å²) in [6.45, 7) is 3.49. The molecule has 0 saturated carbocycles. The average Bonchev–Trinajstić information content (AvgIpc) is 2.55. The van der Waals surface area contributed by atoms with E-state index in [0.717, 1.165) is 6.54 Å². The molecule has 0 radical (unpaired) electrons. The monoisotopic (exact) mass is 187 g/mol. The fraction of sp³-hybridized carbons (Fsp3) is 1.00. The molecule has 2 heterocycles. The van der Waals surface area contributed by atoms with E-state index in [9.17, 15) is 0 Å². The second-order valence-corrected chi connectivity index (χ2v) is 3.88. The summed E-state index contributed by atoms with van der Waals surface area (Å²) in [6.07, 6.45) is 0.344. The first-order chi connectivity index (χ1) is 6.23. The number of rotatable bonds is 3. The Labute approximate surface area is 78.5 Å². The van der Waals surface area contributed by atoms with Crippen molar-refractivity contribution < 1.29 is 14.2 Å². The highest BCUT2D eigenvalue weighted by Crippen LogP contribution is 2.37. The Hall–Kier alpha value is -0.160. The standard InChI is InChI=1S/C9H17NO3/c1-6-7-8(12-3)9(13-6,4-10-7)5-11-2/h6-8,10H,4-5H2,1-3H3/t6-,7?,8?,9+/m0/s1. The Morgan fingerprint density at radius 2 is 2.31 bits per heavy atom. The summed E-state index contributed by atoms with van der Waals surface area (Å²) < 4.78 is 16.5. The normalized spacial score (nSPS) is 48.7. The van der Waals surface area contributed by atoms with Crippen LogP contribution in [-0.2, 0) is 14.2 Å². The molecule has 0 spiro atoms. The largest absolute Gasteiger partial charge is 0.382 e. The van der Waals surface area contributed by atoms with Gasteiger partial charge in [0, 0.05) is 20.8 Å². The molecule has 4 atom stereocenters. The maximum absolute atomic E-state index is 5.88. The van der Waals surface area contributed by atoms with Crippen LogP contribution in [0.1, 0.15) is 6.92 Å².